The van der Waals surface area contributed by atoms with Crippen LogP contribution in [0, 0.1) is 6.92 Å². The minimum atomic E-state index is -1.43. The summed E-state index contributed by atoms with van der Waals surface area (Å²) >= 11 is 1.81. The highest BCUT2D eigenvalue weighted by atomic mass is 32.2. The average molecular weight is 362 g/mol. The lowest BCUT2D eigenvalue weighted by atomic mass is 10.0. The summed E-state index contributed by atoms with van der Waals surface area (Å²) in [5.74, 6) is 1.92. The molecule has 2 rings (SSSR count). The van der Waals surface area contributed by atoms with Gasteiger partial charge in [-0.05, 0) is 38.7 Å². The maximum Gasteiger partial charge on any atom is 0.144 e. The van der Waals surface area contributed by atoms with Gasteiger partial charge in [-0.15, -0.1) is 11.8 Å². The second-order valence-electron chi connectivity index (χ2n) is 6.79. The van der Waals surface area contributed by atoms with Gasteiger partial charge in [0.1, 0.15) is 11.5 Å². The van der Waals surface area contributed by atoms with E-state index in [9.17, 15) is 4.39 Å². The molecule has 25 heavy (non-hydrogen) atoms. The average Bonchev–Trinajstić information content (AvgIpc) is 2.80. The molecule has 0 aliphatic carbocycles. The maximum atomic E-state index is 14.6. The van der Waals surface area contributed by atoms with Crippen molar-refractivity contribution in [2.45, 2.75) is 38.3 Å². The van der Waals surface area contributed by atoms with Gasteiger partial charge in [-0.2, -0.15) is 0 Å². The van der Waals surface area contributed by atoms with E-state index >= 15 is 0 Å². The fourth-order valence-electron chi connectivity index (χ4n) is 2.87. The minimum absolute atomic E-state index is 0.608. The molecule has 0 unspecified atom stereocenters. The van der Waals surface area contributed by atoms with Gasteiger partial charge in [0.2, 0.25) is 0 Å². The van der Waals surface area contributed by atoms with E-state index in [0.717, 1.165) is 28.5 Å². The Bertz CT molecular complexity index is 770. The van der Waals surface area contributed by atoms with Crippen molar-refractivity contribution in [1.29, 1.82) is 0 Å². The first-order valence-corrected chi connectivity index (χ1v) is 9.49. The normalized spacial score (nSPS) is 12.6. The zero-order chi connectivity index (χ0) is 18.8. The van der Waals surface area contributed by atoms with Crippen LogP contribution in [0.1, 0.15) is 32.2 Å². The standard InChI is InChI=1S/C20H28FN3S/c1-8-25-17-12-10-9-11-15(17)19-22-16(14(2)24(19)7)13-18(23(5)6)20(3,4)21/h9-13H,8H2,1-7H3/b18-13-. The number of hydrogen-bond donors (Lipinski definition) is 0. The Balaban J connectivity index is 2.59. The summed E-state index contributed by atoms with van der Waals surface area (Å²) in [6, 6.07) is 8.30. The van der Waals surface area contributed by atoms with Crippen molar-refractivity contribution in [3.05, 3.63) is 41.4 Å². The van der Waals surface area contributed by atoms with Crippen LogP contribution in [0.2, 0.25) is 0 Å². The molecular weight excluding hydrogens is 333 g/mol. The predicted molar refractivity (Wildman–Crippen MR) is 107 cm³/mol. The number of hydrogen-bond acceptors (Lipinski definition) is 3. The Morgan fingerprint density at radius 3 is 2.52 bits per heavy atom. The van der Waals surface area contributed by atoms with Crippen molar-refractivity contribution in [3.8, 4) is 11.4 Å². The fourth-order valence-corrected chi connectivity index (χ4v) is 3.67. The second-order valence-corrected chi connectivity index (χ2v) is 8.10. The lowest BCUT2D eigenvalue weighted by molar-refractivity contribution is 0.220. The van der Waals surface area contributed by atoms with Crippen LogP contribution in [0.5, 0.6) is 0 Å². The Morgan fingerprint density at radius 2 is 1.96 bits per heavy atom. The SMILES string of the molecule is CCSc1ccccc1-c1nc(/C=C(\N(C)C)C(C)(C)F)c(C)n1C. The van der Waals surface area contributed by atoms with Gasteiger partial charge in [0.05, 0.1) is 11.4 Å². The molecule has 0 fully saturated rings. The molecule has 1 heterocycles. The van der Waals surface area contributed by atoms with Crippen molar-refractivity contribution >= 4 is 17.8 Å². The van der Waals surface area contributed by atoms with Crippen LogP contribution in [0.25, 0.3) is 17.5 Å². The molecule has 0 atom stereocenters. The van der Waals surface area contributed by atoms with Gasteiger partial charge in [0.25, 0.3) is 0 Å². The molecule has 136 valence electrons. The van der Waals surface area contributed by atoms with Gasteiger partial charge in [-0.25, -0.2) is 9.37 Å². The molecule has 3 nitrogen and oxygen atoms in total. The highest BCUT2D eigenvalue weighted by Gasteiger charge is 2.25. The Kier molecular flexibility index (Phi) is 5.99. The van der Waals surface area contributed by atoms with E-state index in [1.54, 1.807) is 25.6 Å². The number of benzene rings is 1. The van der Waals surface area contributed by atoms with Crippen molar-refractivity contribution in [3.63, 3.8) is 0 Å². The van der Waals surface area contributed by atoms with Crippen molar-refractivity contribution in [1.82, 2.24) is 14.5 Å². The predicted octanol–water partition coefficient (Wildman–Crippen LogP) is 5.16. The van der Waals surface area contributed by atoms with Crippen LogP contribution in [0.15, 0.2) is 34.9 Å². The molecule has 0 bridgehead atoms. The zero-order valence-electron chi connectivity index (χ0n) is 16.2. The molecule has 0 aliphatic heterocycles. The highest BCUT2D eigenvalue weighted by Crippen LogP contribution is 2.32. The van der Waals surface area contributed by atoms with E-state index in [-0.39, 0.29) is 0 Å². The third-order valence-corrected chi connectivity index (χ3v) is 5.17. The lowest BCUT2D eigenvalue weighted by Gasteiger charge is -2.26. The number of thioether (sulfide) groups is 1. The third-order valence-electron chi connectivity index (χ3n) is 4.21. The number of imidazole rings is 1. The molecule has 1 aromatic heterocycles. The molecule has 0 spiro atoms. The number of halogens is 1. The molecule has 0 saturated carbocycles. The molecule has 2 aromatic rings. The molecule has 0 saturated heterocycles. The van der Waals surface area contributed by atoms with Gasteiger partial charge < -0.3 is 9.47 Å². The summed E-state index contributed by atoms with van der Waals surface area (Å²) in [5.41, 5.74) is 2.13. The fraction of sp³-hybridized carbons (Fsp3) is 0.450. The zero-order valence-corrected chi connectivity index (χ0v) is 17.0. The number of alkyl halides is 1. The smallest absolute Gasteiger partial charge is 0.144 e. The van der Waals surface area contributed by atoms with Crippen molar-refractivity contribution in [2.75, 3.05) is 19.8 Å². The van der Waals surface area contributed by atoms with Crippen molar-refractivity contribution < 1.29 is 4.39 Å². The van der Waals surface area contributed by atoms with E-state index in [2.05, 4.69) is 23.6 Å². The minimum Gasteiger partial charge on any atom is -0.378 e. The Hall–Kier alpha value is -1.75. The van der Waals surface area contributed by atoms with E-state index in [4.69, 9.17) is 4.98 Å². The number of rotatable bonds is 6. The first-order chi connectivity index (χ1) is 11.7. The molecule has 1 aromatic carbocycles. The van der Waals surface area contributed by atoms with E-state index in [0.29, 0.717) is 5.70 Å². The van der Waals surface area contributed by atoms with Crippen LogP contribution in [0.3, 0.4) is 0 Å². The van der Waals surface area contributed by atoms with Gasteiger partial charge in [-0.3, -0.25) is 0 Å². The van der Waals surface area contributed by atoms with Crippen LogP contribution >= 0.6 is 11.8 Å². The Labute approximate surface area is 155 Å². The summed E-state index contributed by atoms with van der Waals surface area (Å²) in [7, 11) is 5.73. The van der Waals surface area contributed by atoms with Crippen LogP contribution in [0.4, 0.5) is 4.39 Å². The lowest BCUT2D eigenvalue weighted by Crippen LogP contribution is -2.27. The molecule has 0 amide bonds. The topological polar surface area (TPSA) is 21.1 Å². The molecule has 5 heteroatoms. The number of aromatic nitrogens is 2. The van der Waals surface area contributed by atoms with E-state index < -0.39 is 5.67 Å². The highest BCUT2D eigenvalue weighted by molar-refractivity contribution is 7.99. The first-order valence-electron chi connectivity index (χ1n) is 8.50. The monoisotopic (exact) mass is 361 g/mol. The first kappa shape index (κ1) is 19.6. The summed E-state index contributed by atoms with van der Waals surface area (Å²) < 4.78 is 16.7. The quantitative estimate of drug-likeness (QED) is 0.663. The number of allylic oxidation sites excluding steroid dienone is 1. The maximum absolute atomic E-state index is 14.6. The van der Waals surface area contributed by atoms with Crippen LogP contribution in [-0.4, -0.2) is 40.0 Å². The van der Waals surface area contributed by atoms with E-state index in [1.165, 1.54) is 4.90 Å². The molecule has 0 aliphatic rings. The summed E-state index contributed by atoms with van der Waals surface area (Å²) in [4.78, 5) is 7.87. The number of nitrogens with zero attached hydrogens (tertiary/aromatic N) is 3. The largest absolute Gasteiger partial charge is 0.378 e. The van der Waals surface area contributed by atoms with Crippen LogP contribution in [-0.2, 0) is 7.05 Å². The summed E-state index contributed by atoms with van der Waals surface area (Å²) in [6.07, 6.45) is 1.86. The van der Waals surface area contributed by atoms with E-state index in [1.807, 2.05) is 51.2 Å². The summed E-state index contributed by atoms with van der Waals surface area (Å²) in [6.45, 7) is 7.32. The second kappa shape index (κ2) is 7.65. The molecule has 0 radical (unpaired) electrons. The Morgan fingerprint density at radius 1 is 1.32 bits per heavy atom. The third kappa shape index (κ3) is 4.27. The van der Waals surface area contributed by atoms with Crippen molar-refractivity contribution in [2.24, 2.45) is 7.05 Å². The van der Waals surface area contributed by atoms with Crippen LogP contribution < -0.4 is 0 Å². The van der Waals surface area contributed by atoms with Gasteiger partial charge >= 0.3 is 0 Å². The van der Waals surface area contributed by atoms with Gasteiger partial charge in [0.15, 0.2) is 0 Å². The summed E-state index contributed by atoms with van der Waals surface area (Å²) in [5, 5.41) is 0. The molecular formula is C20H28FN3S. The van der Waals surface area contributed by atoms with Gasteiger partial charge in [-0.1, -0.05) is 25.1 Å². The molecule has 0 N–H and O–H groups in total. The van der Waals surface area contributed by atoms with Gasteiger partial charge in [0, 0.05) is 37.3 Å².